The molecule has 0 aromatic heterocycles. The van der Waals surface area contributed by atoms with Gasteiger partial charge in [-0.3, -0.25) is 0 Å². The smallest absolute Gasteiger partial charge is 0.341 e. The maximum Gasteiger partial charge on any atom is 0.341 e. The molecule has 4 nitrogen and oxygen atoms in total. The second-order valence-electron chi connectivity index (χ2n) is 5.13. The third kappa shape index (κ3) is 2.78. The van der Waals surface area contributed by atoms with Crippen LogP contribution in [0.5, 0.6) is 0 Å². The Morgan fingerprint density at radius 3 is 2.55 bits per heavy atom. The van der Waals surface area contributed by atoms with Gasteiger partial charge in [0.2, 0.25) is 9.84 Å². The second kappa shape index (κ2) is 5.65. The summed E-state index contributed by atoms with van der Waals surface area (Å²) in [6.07, 6.45) is 0.834. The molecule has 1 aliphatic rings. The van der Waals surface area contributed by atoms with Crippen molar-refractivity contribution in [2.24, 2.45) is 11.7 Å². The van der Waals surface area contributed by atoms with Gasteiger partial charge in [-0.05, 0) is 31.4 Å². The van der Waals surface area contributed by atoms with E-state index in [4.69, 9.17) is 5.73 Å². The molecule has 1 fully saturated rings. The van der Waals surface area contributed by atoms with Gasteiger partial charge in [-0.15, -0.1) is 0 Å². The molecular formula is C13H18F2N2O2S. The van der Waals surface area contributed by atoms with E-state index >= 15 is 0 Å². The normalized spacial score (nSPS) is 21.4. The van der Waals surface area contributed by atoms with Gasteiger partial charge in [-0.2, -0.15) is 8.78 Å². The lowest BCUT2D eigenvalue weighted by Gasteiger charge is -2.22. The van der Waals surface area contributed by atoms with E-state index in [1.165, 1.54) is 12.1 Å². The Balaban J connectivity index is 2.35. The molecule has 2 atom stereocenters. The van der Waals surface area contributed by atoms with Crippen LogP contribution in [-0.2, 0) is 9.84 Å². The molecule has 1 aromatic rings. The Kier molecular flexibility index (Phi) is 4.29. The minimum absolute atomic E-state index is 0.00105. The summed E-state index contributed by atoms with van der Waals surface area (Å²) in [5.74, 6) is -3.16. The third-order valence-electron chi connectivity index (χ3n) is 3.72. The summed E-state index contributed by atoms with van der Waals surface area (Å²) in [4.78, 5) is 1.52. The summed E-state index contributed by atoms with van der Waals surface area (Å²) in [5, 5.41) is 0. The van der Waals surface area contributed by atoms with Crippen molar-refractivity contribution in [3.63, 3.8) is 0 Å². The van der Waals surface area contributed by atoms with Gasteiger partial charge in [0.05, 0.1) is 10.6 Å². The summed E-state index contributed by atoms with van der Waals surface area (Å²) in [6, 6.07) is 5.91. The molecule has 7 heteroatoms. The van der Waals surface area contributed by atoms with Crippen molar-refractivity contribution < 1.29 is 17.2 Å². The number of para-hydroxylation sites is 1. The summed E-state index contributed by atoms with van der Waals surface area (Å²) >= 11 is 0. The van der Waals surface area contributed by atoms with Crippen molar-refractivity contribution >= 4 is 15.5 Å². The van der Waals surface area contributed by atoms with Crippen LogP contribution in [0, 0.1) is 5.92 Å². The van der Waals surface area contributed by atoms with Crippen molar-refractivity contribution in [1.29, 1.82) is 0 Å². The van der Waals surface area contributed by atoms with Crippen LogP contribution in [0.1, 0.15) is 13.3 Å². The van der Waals surface area contributed by atoms with Gasteiger partial charge < -0.3 is 10.6 Å². The van der Waals surface area contributed by atoms with Crippen LogP contribution in [0.4, 0.5) is 14.5 Å². The first-order chi connectivity index (χ1) is 9.34. The van der Waals surface area contributed by atoms with Gasteiger partial charge in [0.1, 0.15) is 0 Å². The number of rotatable bonds is 4. The molecule has 0 saturated carbocycles. The molecule has 2 N–H and O–H groups in total. The highest BCUT2D eigenvalue weighted by Crippen LogP contribution is 2.32. The van der Waals surface area contributed by atoms with Crippen LogP contribution in [-0.4, -0.2) is 33.3 Å². The van der Waals surface area contributed by atoms with Gasteiger partial charge in [0, 0.05) is 19.1 Å². The third-order valence-corrected chi connectivity index (χ3v) is 5.14. The zero-order valence-electron chi connectivity index (χ0n) is 11.2. The quantitative estimate of drug-likeness (QED) is 0.922. The first kappa shape index (κ1) is 15.2. The number of benzene rings is 1. The van der Waals surface area contributed by atoms with Gasteiger partial charge in [-0.1, -0.05) is 12.1 Å². The van der Waals surface area contributed by atoms with Gasteiger partial charge in [0.25, 0.3) is 0 Å². The molecule has 2 unspecified atom stereocenters. The molecular weight excluding hydrogens is 286 g/mol. The van der Waals surface area contributed by atoms with Crippen LogP contribution in [0.2, 0.25) is 0 Å². The van der Waals surface area contributed by atoms with E-state index in [0.29, 0.717) is 18.8 Å². The number of hydrogen-bond donors (Lipinski definition) is 1. The van der Waals surface area contributed by atoms with Crippen molar-refractivity contribution in [3.05, 3.63) is 24.3 Å². The molecule has 1 saturated heterocycles. The predicted molar refractivity (Wildman–Crippen MR) is 73.6 cm³/mol. The van der Waals surface area contributed by atoms with Crippen molar-refractivity contribution in [3.8, 4) is 0 Å². The summed E-state index contributed by atoms with van der Waals surface area (Å²) in [7, 11) is -4.59. The average Bonchev–Trinajstić information content (AvgIpc) is 2.88. The fourth-order valence-electron chi connectivity index (χ4n) is 2.49. The topological polar surface area (TPSA) is 63.4 Å². The zero-order valence-corrected chi connectivity index (χ0v) is 12.0. The summed E-state index contributed by atoms with van der Waals surface area (Å²) < 4.78 is 48.9. The molecule has 1 aliphatic heterocycles. The van der Waals surface area contributed by atoms with E-state index in [1.807, 2.05) is 11.8 Å². The molecule has 0 radical (unpaired) electrons. The molecule has 0 aliphatic carbocycles. The van der Waals surface area contributed by atoms with E-state index in [9.17, 15) is 17.2 Å². The highest BCUT2D eigenvalue weighted by molar-refractivity contribution is 7.91. The highest BCUT2D eigenvalue weighted by Gasteiger charge is 2.33. The van der Waals surface area contributed by atoms with E-state index in [-0.39, 0.29) is 16.9 Å². The number of halogens is 2. The standard InChI is InChI=1S/C13H18F2N2O2S/c1-9(16)10-6-7-17(8-10)11-4-2-3-5-12(11)20(18,19)13(14)15/h2-5,9-10,13H,6-8,16H2,1H3. The molecule has 20 heavy (non-hydrogen) atoms. The molecule has 0 amide bonds. The lowest BCUT2D eigenvalue weighted by molar-refractivity contribution is 0.235. The zero-order chi connectivity index (χ0) is 14.9. The predicted octanol–water partition coefficient (Wildman–Crippen LogP) is 1.86. The number of alkyl halides is 2. The molecule has 1 aromatic carbocycles. The van der Waals surface area contributed by atoms with E-state index in [2.05, 4.69) is 0 Å². The van der Waals surface area contributed by atoms with Crippen LogP contribution in [0.15, 0.2) is 29.2 Å². The monoisotopic (exact) mass is 304 g/mol. The van der Waals surface area contributed by atoms with Gasteiger partial charge in [0.15, 0.2) is 0 Å². The first-order valence-electron chi connectivity index (χ1n) is 6.45. The number of sulfone groups is 1. The van der Waals surface area contributed by atoms with Crippen LogP contribution >= 0.6 is 0 Å². The largest absolute Gasteiger partial charge is 0.370 e. The number of nitrogens with two attached hydrogens (primary N) is 1. The Morgan fingerprint density at radius 1 is 1.35 bits per heavy atom. The highest BCUT2D eigenvalue weighted by atomic mass is 32.2. The van der Waals surface area contributed by atoms with Crippen LogP contribution in [0.3, 0.4) is 0 Å². The fourth-order valence-corrected chi connectivity index (χ4v) is 3.44. The van der Waals surface area contributed by atoms with Crippen molar-refractivity contribution in [2.45, 2.75) is 30.0 Å². The van der Waals surface area contributed by atoms with Crippen LogP contribution in [0.25, 0.3) is 0 Å². The molecule has 2 rings (SSSR count). The van der Waals surface area contributed by atoms with Gasteiger partial charge in [-0.25, -0.2) is 8.42 Å². The maximum atomic E-state index is 12.7. The van der Waals surface area contributed by atoms with E-state index in [0.717, 1.165) is 6.42 Å². The number of hydrogen-bond acceptors (Lipinski definition) is 4. The average molecular weight is 304 g/mol. The minimum atomic E-state index is -4.59. The summed E-state index contributed by atoms with van der Waals surface area (Å²) in [6.45, 7) is 3.12. The number of anilines is 1. The minimum Gasteiger partial charge on any atom is -0.370 e. The Hall–Kier alpha value is -1.21. The molecule has 0 spiro atoms. The fraction of sp³-hybridized carbons (Fsp3) is 0.538. The summed E-state index contributed by atoms with van der Waals surface area (Å²) in [5.41, 5.74) is 6.19. The van der Waals surface area contributed by atoms with E-state index in [1.54, 1.807) is 12.1 Å². The van der Waals surface area contributed by atoms with Crippen molar-refractivity contribution in [2.75, 3.05) is 18.0 Å². The second-order valence-corrected chi connectivity index (χ2v) is 7.01. The molecule has 112 valence electrons. The Morgan fingerprint density at radius 2 is 2.00 bits per heavy atom. The maximum absolute atomic E-state index is 12.7. The Labute approximate surface area is 117 Å². The van der Waals surface area contributed by atoms with Gasteiger partial charge >= 0.3 is 5.76 Å². The molecule has 1 heterocycles. The molecule has 0 bridgehead atoms. The van der Waals surface area contributed by atoms with Crippen molar-refractivity contribution in [1.82, 2.24) is 0 Å². The lowest BCUT2D eigenvalue weighted by Crippen LogP contribution is -2.30. The Bertz CT molecular complexity index is 575. The number of nitrogens with zero attached hydrogens (tertiary/aromatic N) is 1. The van der Waals surface area contributed by atoms with E-state index < -0.39 is 15.6 Å². The first-order valence-corrected chi connectivity index (χ1v) is 8.00. The van der Waals surface area contributed by atoms with Crippen LogP contribution < -0.4 is 10.6 Å². The SMILES string of the molecule is CC(N)C1CCN(c2ccccc2S(=O)(=O)C(F)F)C1. The lowest BCUT2D eigenvalue weighted by atomic mass is 10.0.